The molecule has 0 aromatic heterocycles. The Hall–Kier alpha value is -1.55. The monoisotopic (exact) mass is 237 g/mol. The molecule has 0 atom stereocenters. The van der Waals surface area contributed by atoms with Gasteiger partial charge in [0.1, 0.15) is 5.75 Å². The summed E-state index contributed by atoms with van der Waals surface area (Å²) < 4.78 is 9.82. The van der Waals surface area contributed by atoms with Crippen molar-refractivity contribution in [3.05, 3.63) is 29.3 Å². The van der Waals surface area contributed by atoms with Crippen molar-refractivity contribution < 1.29 is 14.3 Å². The molecule has 0 unspecified atom stereocenters. The molecule has 0 saturated carbocycles. The number of carbonyl (C=O) groups excluding carboxylic acids is 1. The molecule has 0 aliphatic heterocycles. The van der Waals surface area contributed by atoms with E-state index in [0.29, 0.717) is 0 Å². The van der Waals surface area contributed by atoms with Crippen molar-refractivity contribution in [2.24, 2.45) is 0 Å². The summed E-state index contributed by atoms with van der Waals surface area (Å²) in [5.41, 5.74) is 2.35. The zero-order valence-corrected chi connectivity index (χ0v) is 10.6. The Bertz CT molecular complexity index is 377. The van der Waals surface area contributed by atoms with E-state index in [1.54, 1.807) is 7.11 Å². The van der Waals surface area contributed by atoms with Crippen molar-refractivity contribution in [1.29, 1.82) is 0 Å². The molecule has 4 nitrogen and oxygen atoms in total. The maximum atomic E-state index is 10.9. The Balaban J connectivity index is 2.45. The van der Waals surface area contributed by atoms with Crippen LogP contribution in [0.15, 0.2) is 18.2 Å². The van der Waals surface area contributed by atoms with Crippen molar-refractivity contribution in [2.45, 2.75) is 13.3 Å². The van der Waals surface area contributed by atoms with Gasteiger partial charge in [0.25, 0.3) is 0 Å². The Labute approximate surface area is 102 Å². The maximum Gasteiger partial charge on any atom is 0.319 e. The number of hydrogen-bond acceptors (Lipinski definition) is 4. The summed E-state index contributed by atoms with van der Waals surface area (Å²) in [6.45, 7) is 3.00. The number of hydrogen-bond donors (Lipinski definition) is 1. The van der Waals surface area contributed by atoms with E-state index >= 15 is 0 Å². The van der Waals surface area contributed by atoms with E-state index in [1.165, 1.54) is 12.7 Å². The summed E-state index contributed by atoms with van der Waals surface area (Å²) in [7, 11) is 3.05. The summed E-state index contributed by atoms with van der Waals surface area (Å²) in [6.07, 6.45) is 0.821. The molecule has 17 heavy (non-hydrogen) atoms. The molecule has 1 aromatic rings. The van der Waals surface area contributed by atoms with Crippen LogP contribution in [-0.2, 0) is 16.0 Å². The van der Waals surface area contributed by atoms with Crippen LogP contribution in [0.4, 0.5) is 0 Å². The van der Waals surface area contributed by atoms with Crippen molar-refractivity contribution in [3.8, 4) is 5.75 Å². The lowest BCUT2D eigenvalue weighted by atomic mass is 10.1. The van der Waals surface area contributed by atoms with Crippen LogP contribution in [0.2, 0.25) is 0 Å². The Morgan fingerprint density at radius 1 is 1.35 bits per heavy atom. The van der Waals surface area contributed by atoms with Gasteiger partial charge < -0.3 is 14.8 Å². The van der Waals surface area contributed by atoms with E-state index in [-0.39, 0.29) is 12.5 Å². The van der Waals surface area contributed by atoms with E-state index in [1.807, 2.05) is 19.1 Å². The van der Waals surface area contributed by atoms with Crippen LogP contribution in [0.5, 0.6) is 5.75 Å². The number of benzene rings is 1. The van der Waals surface area contributed by atoms with Crippen LogP contribution >= 0.6 is 0 Å². The molecule has 94 valence electrons. The summed E-state index contributed by atoms with van der Waals surface area (Å²) in [4.78, 5) is 10.9. The molecule has 1 aromatic carbocycles. The van der Waals surface area contributed by atoms with E-state index in [2.05, 4.69) is 16.1 Å². The van der Waals surface area contributed by atoms with Crippen molar-refractivity contribution in [1.82, 2.24) is 5.32 Å². The van der Waals surface area contributed by atoms with Crippen LogP contribution in [0.25, 0.3) is 0 Å². The highest BCUT2D eigenvalue weighted by atomic mass is 16.5. The standard InChI is InChI=1S/C13H19NO3/c1-10-4-5-12(16-2)11(8-10)6-7-14-9-13(15)17-3/h4-5,8,14H,6-7,9H2,1-3H3. The van der Waals surface area contributed by atoms with E-state index in [4.69, 9.17) is 4.74 Å². The second kappa shape index (κ2) is 6.91. The van der Waals surface area contributed by atoms with Gasteiger partial charge in [-0.3, -0.25) is 4.79 Å². The van der Waals surface area contributed by atoms with Crippen molar-refractivity contribution >= 4 is 5.97 Å². The van der Waals surface area contributed by atoms with Gasteiger partial charge in [0, 0.05) is 0 Å². The van der Waals surface area contributed by atoms with Crippen LogP contribution in [0.3, 0.4) is 0 Å². The Kier molecular flexibility index (Phi) is 5.49. The summed E-state index contributed by atoms with van der Waals surface area (Å²) in [5, 5.41) is 3.03. The fourth-order valence-electron chi connectivity index (χ4n) is 1.59. The summed E-state index contributed by atoms with van der Waals surface area (Å²) in [6, 6.07) is 6.08. The average molecular weight is 237 g/mol. The first kappa shape index (κ1) is 13.5. The van der Waals surface area contributed by atoms with Crippen LogP contribution < -0.4 is 10.1 Å². The molecule has 0 bridgehead atoms. The zero-order chi connectivity index (χ0) is 12.7. The molecular weight excluding hydrogens is 218 g/mol. The van der Waals surface area contributed by atoms with Crippen molar-refractivity contribution in [2.75, 3.05) is 27.3 Å². The highest BCUT2D eigenvalue weighted by Crippen LogP contribution is 2.19. The smallest absolute Gasteiger partial charge is 0.319 e. The molecule has 0 aliphatic carbocycles. The molecule has 0 fully saturated rings. The first-order valence-electron chi connectivity index (χ1n) is 5.58. The quantitative estimate of drug-likeness (QED) is 0.598. The second-order valence-corrected chi connectivity index (χ2v) is 3.82. The molecule has 0 aliphatic rings. The van der Waals surface area contributed by atoms with Gasteiger partial charge in [-0.2, -0.15) is 0 Å². The number of rotatable bonds is 6. The van der Waals surface area contributed by atoms with Crippen LogP contribution in [0.1, 0.15) is 11.1 Å². The SMILES string of the molecule is COC(=O)CNCCc1cc(C)ccc1OC. The van der Waals surface area contributed by atoms with Gasteiger partial charge in [0.05, 0.1) is 20.8 Å². The summed E-state index contributed by atoms with van der Waals surface area (Å²) >= 11 is 0. The fraction of sp³-hybridized carbons (Fsp3) is 0.462. The molecule has 4 heteroatoms. The van der Waals surface area contributed by atoms with E-state index in [0.717, 1.165) is 24.3 Å². The first-order valence-corrected chi connectivity index (χ1v) is 5.58. The number of carbonyl (C=O) groups is 1. The van der Waals surface area contributed by atoms with Gasteiger partial charge in [-0.1, -0.05) is 17.7 Å². The molecular formula is C13H19NO3. The number of methoxy groups -OCH3 is 2. The van der Waals surface area contributed by atoms with Gasteiger partial charge in [-0.05, 0) is 31.5 Å². The van der Waals surface area contributed by atoms with Gasteiger partial charge >= 0.3 is 5.97 Å². The van der Waals surface area contributed by atoms with Crippen LogP contribution in [0, 0.1) is 6.92 Å². The zero-order valence-electron chi connectivity index (χ0n) is 10.6. The lowest BCUT2D eigenvalue weighted by Crippen LogP contribution is -2.25. The minimum atomic E-state index is -0.249. The molecule has 1 N–H and O–H groups in total. The number of ether oxygens (including phenoxy) is 2. The number of nitrogens with one attached hydrogen (secondary N) is 1. The fourth-order valence-corrected chi connectivity index (χ4v) is 1.59. The molecule has 0 saturated heterocycles. The third-order valence-corrected chi connectivity index (χ3v) is 2.50. The van der Waals surface area contributed by atoms with Gasteiger partial charge in [-0.25, -0.2) is 0 Å². The van der Waals surface area contributed by atoms with Gasteiger partial charge in [0.2, 0.25) is 0 Å². The predicted octanol–water partition coefficient (Wildman–Crippen LogP) is 1.31. The maximum absolute atomic E-state index is 10.9. The average Bonchev–Trinajstić information content (AvgIpc) is 2.34. The van der Waals surface area contributed by atoms with Crippen molar-refractivity contribution in [3.63, 3.8) is 0 Å². The number of aryl methyl sites for hydroxylation is 1. The second-order valence-electron chi connectivity index (χ2n) is 3.82. The number of esters is 1. The third-order valence-electron chi connectivity index (χ3n) is 2.50. The van der Waals surface area contributed by atoms with E-state index < -0.39 is 0 Å². The largest absolute Gasteiger partial charge is 0.496 e. The molecule has 1 rings (SSSR count). The third kappa shape index (κ3) is 4.44. The highest BCUT2D eigenvalue weighted by molar-refractivity contribution is 5.71. The molecule has 0 spiro atoms. The molecule has 0 amide bonds. The van der Waals surface area contributed by atoms with Crippen LogP contribution in [-0.4, -0.2) is 33.3 Å². The first-order chi connectivity index (χ1) is 8.17. The topological polar surface area (TPSA) is 47.6 Å². The lowest BCUT2D eigenvalue weighted by molar-refractivity contribution is -0.139. The Morgan fingerprint density at radius 3 is 2.76 bits per heavy atom. The van der Waals surface area contributed by atoms with Gasteiger partial charge in [-0.15, -0.1) is 0 Å². The minimum absolute atomic E-state index is 0.241. The molecule has 0 radical (unpaired) electrons. The molecule has 0 heterocycles. The highest BCUT2D eigenvalue weighted by Gasteiger charge is 2.04. The summed E-state index contributed by atoms with van der Waals surface area (Å²) in [5.74, 6) is 0.636. The van der Waals surface area contributed by atoms with E-state index in [9.17, 15) is 4.79 Å². The normalized spacial score (nSPS) is 10.1. The minimum Gasteiger partial charge on any atom is -0.496 e. The lowest BCUT2D eigenvalue weighted by Gasteiger charge is -2.09. The predicted molar refractivity (Wildman–Crippen MR) is 66.3 cm³/mol. The Morgan fingerprint density at radius 2 is 2.12 bits per heavy atom. The van der Waals surface area contributed by atoms with Gasteiger partial charge in [0.15, 0.2) is 0 Å².